The molecule has 4 rings (SSSR count). The molecule has 0 spiro atoms. The number of halogens is 1. The van der Waals surface area contributed by atoms with Crippen LogP contribution in [0, 0.1) is 6.92 Å². The van der Waals surface area contributed by atoms with Gasteiger partial charge in [0.1, 0.15) is 5.58 Å². The van der Waals surface area contributed by atoms with Crippen LogP contribution >= 0.6 is 23.4 Å². The van der Waals surface area contributed by atoms with Gasteiger partial charge in [0.25, 0.3) is 5.91 Å². The van der Waals surface area contributed by atoms with Gasteiger partial charge >= 0.3 is 0 Å². The summed E-state index contributed by atoms with van der Waals surface area (Å²) in [5.74, 6) is 0.0479. The molecule has 0 radical (unpaired) electrons. The molecule has 0 fully saturated rings. The van der Waals surface area contributed by atoms with E-state index < -0.39 is 5.91 Å². The van der Waals surface area contributed by atoms with E-state index in [2.05, 4.69) is 15.3 Å². The van der Waals surface area contributed by atoms with Crippen molar-refractivity contribution in [3.8, 4) is 0 Å². The van der Waals surface area contributed by atoms with E-state index in [0.29, 0.717) is 21.7 Å². The number of rotatable bonds is 7. The van der Waals surface area contributed by atoms with Gasteiger partial charge in [0, 0.05) is 16.7 Å². The zero-order valence-corrected chi connectivity index (χ0v) is 19.1. The lowest BCUT2D eigenvalue weighted by atomic mass is 10.0. The lowest BCUT2D eigenvalue weighted by molar-refractivity contribution is 0.101. The highest BCUT2D eigenvalue weighted by atomic mass is 35.5. The third kappa shape index (κ3) is 4.54. The number of furan rings is 1. The van der Waals surface area contributed by atoms with Crippen LogP contribution in [0.15, 0.2) is 64.3 Å². The number of aromatic nitrogens is 2. The highest BCUT2D eigenvalue weighted by Crippen LogP contribution is 2.32. The van der Waals surface area contributed by atoms with Gasteiger partial charge in [0.2, 0.25) is 5.88 Å². The predicted molar refractivity (Wildman–Crippen MR) is 127 cm³/mol. The number of amides is 1. The van der Waals surface area contributed by atoms with Crippen molar-refractivity contribution in [2.75, 3.05) is 11.1 Å². The number of carbonyl (C=O) groups excluding carboxylic acids is 2. The second-order valence-corrected chi connectivity index (χ2v) is 8.62. The Balaban J connectivity index is 1.72. The minimum absolute atomic E-state index is 0.0226. The summed E-state index contributed by atoms with van der Waals surface area (Å²) in [5.41, 5.74) is 2.34. The molecule has 4 aromatic rings. The Morgan fingerprint density at radius 2 is 1.88 bits per heavy atom. The molecule has 0 saturated carbocycles. The van der Waals surface area contributed by atoms with E-state index in [1.165, 1.54) is 18.0 Å². The van der Waals surface area contributed by atoms with Crippen LogP contribution < -0.4 is 5.32 Å². The lowest BCUT2D eigenvalue weighted by Crippen LogP contribution is -2.17. The van der Waals surface area contributed by atoms with Gasteiger partial charge in [-0.15, -0.1) is 0 Å². The van der Waals surface area contributed by atoms with E-state index in [4.69, 9.17) is 16.0 Å². The molecule has 162 valence electrons. The molecule has 0 saturated heterocycles. The number of carbonyl (C=O) groups is 2. The average molecular weight is 466 g/mol. The number of benzene rings is 2. The SMILES string of the molecule is CCCSc1ncc(Cl)c(C(=O)Nc2oc3ccccc3c2C(=O)c2ccc(C)cc2)n1. The van der Waals surface area contributed by atoms with Crippen molar-refractivity contribution in [1.82, 2.24) is 9.97 Å². The summed E-state index contributed by atoms with van der Waals surface area (Å²) in [4.78, 5) is 34.8. The summed E-state index contributed by atoms with van der Waals surface area (Å²) in [6, 6.07) is 14.4. The molecule has 2 aromatic heterocycles. The molecule has 32 heavy (non-hydrogen) atoms. The minimum Gasteiger partial charge on any atom is -0.439 e. The zero-order chi connectivity index (χ0) is 22.7. The number of hydrogen-bond donors (Lipinski definition) is 1. The van der Waals surface area contributed by atoms with Gasteiger partial charge in [-0.2, -0.15) is 0 Å². The Morgan fingerprint density at radius 3 is 2.62 bits per heavy atom. The van der Waals surface area contributed by atoms with Crippen molar-refractivity contribution in [2.45, 2.75) is 25.4 Å². The Hall–Kier alpha value is -3.16. The molecule has 8 heteroatoms. The van der Waals surface area contributed by atoms with E-state index in [0.717, 1.165) is 17.7 Å². The molecule has 0 aliphatic heterocycles. The second-order valence-electron chi connectivity index (χ2n) is 7.15. The molecular weight excluding hydrogens is 446 g/mol. The summed E-state index contributed by atoms with van der Waals surface area (Å²) in [6.07, 6.45) is 2.35. The molecule has 1 amide bonds. The molecule has 2 heterocycles. The molecule has 6 nitrogen and oxygen atoms in total. The van der Waals surface area contributed by atoms with Crippen LogP contribution in [0.3, 0.4) is 0 Å². The first-order valence-corrected chi connectivity index (χ1v) is 11.4. The summed E-state index contributed by atoms with van der Waals surface area (Å²) >= 11 is 7.63. The maximum Gasteiger partial charge on any atom is 0.278 e. The number of nitrogens with zero attached hydrogens (tertiary/aromatic N) is 2. The predicted octanol–water partition coefficient (Wildman–Crippen LogP) is 6.17. The molecule has 0 aliphatic rings. The fourth-order valence-corrected chi connectivity index (χ4v) is 3.99. The topological polar surface area (TPSA) is 85.1 Å². The fraction of sp³-hybridized carbons (Fsp3) is 0.167. The van der Waals surface area contributed by atoms with Crippen molar-refractivity contribution in [3.05, 3.63) is 82.1 Å². The number of aryl methyl sites for hydroxylation is 1. The highest BCUT2D eigenvalue weighted by Gasteiger charge is 2.25. The third-order valence-corrected chi connectivity index (χ3v) is 6.08. The number of thioether (sulfide) groups is 1. The Bertz CT molecular complexity index is 1300. The highest BCUT2D eigenvalue weighted by molar-refractivity contribution is 7.99. The van der Waals surface area contributed by atoms with Crippen LogP contribution in [0.2, 0.25) is 5.02 Å². The molecule has 2 aromatic carbocycles. The average Bonchev–Trinajstić information content (AvgIpc) is 3.16. The molecule has 1 N–H and O–H groups in total. The fourth-order valence-electron chi connectivity index (χ4n) is 3.14. The van der Waals surface area contributed by atoms with Crippen LogP contribution in [-0.4, -0.2) is 27.4 Å². The standard InChI is InChI=1S/C24H20ClN3O3S/c1-3-12-32-24-26-13-17(25)20(27-24)22(30)28-23-19(16-6-4-5-7-18(16)31-23)21(29)15-10-8-14(2)9-11-15/h4-11,13H,3,12H2,1-2H3,(H,28,30). The van der Waals surface area contributed by atoms with Gasteiger partial charge in [-0.05, 0) is 19.4 Å². The van der Waals surface area contributed by atoms with Crippen LogP contribution in [-0.2, 0) is 0 Å². The lowest BCUT2D eigenvalue weighted by Gasteiger charge is -2.07. The second kappa shape index (κ2) is 9.54. The molecule has 0 bridgehead atoms. The van der Waals surface area contributed by atoms with Crippen molar-refractivity contribution in [3.63, 3.8) is 0 Å². The Kier molecular flexibility index (Phi) is 6.58. The summed E-state index contributed by atoms with van der Waals surface area (Å²) in [7, 11) is 0. The Labute approximate surface area is 194 Å². The van der Waals surface area contributed by atoms with Crippen molar-refractivity contribution < 1.29 is 14.0 Å². The zero-order valence-electron chi connectivity index (χ0n) is 17.5. The minimum atomic E-state index is -0.576. The summed E-state index contributed by atoms with van der Waals surface area (Å²) in [5, 5.41) is 3.88. The van der Waals surface area contributed by atoms with Crippen molar-refractivity contribution >= 4 is 51.9 Å². The molecule has 0 atom stereocenters. The first-order valence-electron chi connectivity index (χ1n) is 10.1. The number of hydrogen-bond acceptors (Lipinski definition) is 6. The summed E-state index contributed by atoms with van der Waals surface area (Å²) < 4.78 is 5.85. The van der Waals surface area contributed by atoms with E-state index in [1.54, 1.807) is 30.3 Å². The van der Waals surface area contributed by atoms with Crippen LogP contribution in [0.25, 0.3) is 11.0 Å². The first kappa shape index (κ1) is 22.0. The van der Waals surface area contributed by atoms with Crippen LogP contribution in [0.4, 0.5) is 5.88 Å². The quantitative estimate of drug-likeness (QED) is 0.199. The number of para-hydroxylation sites is 1. The van der Waals surface area contributed by atoms with Gasteiger partial charge in [-0.3, -0.25) is 14.9 Å². The smallest absolute Gasteiger partial charge is 0.278 e. The monoisotopic (exact) mass is 465 g/mol. The molecular formula is C24H20ClN3O3S. The number of nitrogens with one attached hydrogen (secondary N) is 1. The maximum absolute atomic E-state index is 13.3. The van der Waals surface area contributed by atoms with Crippen molar-refractivity contribution in [2.24, 2.45) is 0 Å². The number of fused-ring (bicyclic) bond motifs is 1. The van der Waals surface area contributed by atoms with Crippen LogP contribution in [0.5, 0.6) is 0 Å². The van der Waals surface area contributed by atoms with Gasteiger partial charge < -0.3 is 4.42 Å². The summed E-state index contributed by atoms with van der Waals surface area (Å²) in [6.45, 7) is 4.00. The maximum atomic E-state index is 13.3. The van der Waals surface area contributed by atoms with Crippen LogP contribution in [0.1, 0.15) is 45.3 Å². The Morgan fingerprint density at radius 1 is 1.12 bits per heavy atom. The van der Waals surface area contributed by atoms with E-state index >= 15 is 0 Å². The molecule has 0 aliphatic carbocycles. The van der Waals surface area contributed by atoms with E-state index in [-0.39, 0.29) is 27.9 Å². The van der Waals surface area contributed by atoms with Gasteiger partial charge in [-0.25, -0.2) is 9.97 Å². The van der Waals surface area contributed by atoms with Gasteiger partial charge in [0.15, 0.2) is 16.6 Å². The van der Waals surface area contributed by atoms with E-state index in [1.807, 2.05) is 32.0 Å². The normalized spacial score (nSPS) is 11.0. The third-order valence-electron chi connectivity index (χ3n) is 4.74. The van der Waals surface area contributed by atoms with Gasteiger partial charge in [-0.1, -0.05) is 78.3 Å². The number of anilines is 1. The molecule has 0 unspecified atom stereocenters. The van der Waals surface area contributed by atoms with Crippen molar-refractivity contribution in [1.29, 1.82) is 0 Å². The first-order chi connectivity index (χ1) is 15.5. The van der Waals surface area contributed by atoms with E-state index in [9.17, 15) is 9.59 Å². The number of ketones is 1. The largest absolute Gasteiger partial charge is 0.439 e. The van der Waals surface area contributed by atoms with Gasteiger partial charge in [0.05, 0.1) is 16.8 Å².